The molecule has 1 aromatic heterocycles. The summed E-state index contributed by atoms with van der Waals surface area (Å²) in [5.74, 6) is 1.55. The van der Waals surface area contributed by atoms with E-state index < -0.39 is 0 Å². The molecule has 0 spiro atoms. The molecule has 2 N–H and O–H groups in total. The molecule has 0 bridgehead atoms. The molecule has 2 aliphatic rings. The van der Waals surface area contributed by atoms with Crippen LogP contribution in [0.4, 0.5) is 4.39 Å². The van der Waals surface area contributed by atoms with Gasteiger partial charge in [0, 0.05) is 50.3 Å². The zero-order chi connectivity index (χ0) is 19.3. The van der Waals surface area contributed by atoms with Gasteiger partial charge >= 0.3 is 0 Å². The first-order valence-corrected chi connectivity index (χ1v) is 10.7. The number of guanidine groups is 1. The number of H-pyrrole nitrogens is 1. The number of fused-ring (bicyclic) bond motifs is 1. The van der Waals surface area contributed by atoms with Gasteiger partial charge in [-0.1, -0.05) is 6.42 Å². The lowest BCUT2D eigenvalue weighted by molar-refractivity contribution is 0.198. The molecular formula is C22H33FIN5. The Hall–Kier alpha value is -1.35. The number of aliphatic imine (C=N–C) groups is 1. The number of rotatable bonds is 5. The molecule has 4 rings (SSSR count). The molecule has 0 aliphatic carbocycles. The number of hydrogen-bond donors (Lipinski definition) is 2. The van der Waals surface area contributed by atoms with Gasteiger partial charge in [0.2, 0.25) is 0 Å². The smallest absolute Gasteiger partial charge is 0.193 e. The maximum absolute atomic E-state index is 13.5. The molecule has 3 heterocycles. The maximum atomic E-state index is 13.5. The van der Waals surface area contributed by atoms with E-state index in [0.717, 1.165) is 54.4 Å². The Morgan fingerprint density at radius 2 is 2.07 bits per heavy atom. The standard InChI is InChI=1S/C22H32FN5.HI/c1-24-22(28-12-8-17(16-28)15-27-10-3-2-4-11-27)25-9-7-18-14-26-21-6-5-19(23)13-20(18)21;/h5-6,13-14,17,26H,2-4,7-12,15-16H2,1H3,(H,24,25);1H. The topological polar surface area (TPSA) is 46.7 Å². The quantitative estimate of drug-likeness (QED) is 0.363. The highest BCUT2D eigenvalue weighted by atomic mass is 127. The van der Waals surface area contributed by atoms with Crippen LogP contribution < -0.4 is 5.32 Å². The van der Waals surface area contributed by atoms with Gasteiger partial charge in [0.25, 0.3) is 0 Å². The second-order valence-corrected chi connectivity index (χ2v) is 8.19. The van der Waals surface area contributed by atoms with Crippen molar-refractivity contribution in [3.8, 4) is 0 Å². The lowest BCUT2D eigenvalue weighted by Gasteiger charge is -2.29. The average Bonchev–Trinajstić information content (AvgIpc) is 3.33. The molecule has 0 radical (unpaired) electrons. The summed E-state index contributed by atoms with van der Waals surface area (Å²) in [7, 11) is 1.86. The van der Waals surface area contributed by atoms with Gasteiger partial charge in [-0.2, -0.15) is 0 Å². The van der Waals surface area contributed by atoms with Crippen molar-refractivity contribution in [1.82, 2.24) is 20.1 Å². The van der Waals surface area contributed by atoms with Crippen molar-refractivity contribution in [3.63, 3.8) is 0 Å². The fourth-order valence-corrected chi connectivity index (χ4v) is 4.68. The number of piperidine rings is 1. The first-order valence-electron chi connectivity index (χ1n) is 10.7. The van der Waals surface area contributed by atoms with E-state index in [1.165, 1.54) is 51.4 Å². The Kier molecular flexibility index (Phi) is 8.17. The number of nitrogens with zero attached hydrogens (tertiary/aromatic N) is 3. The van der Waals surface area contributed by atoms with Crippen LogP contribution >= 0.6 is 24.0 Å². The minimum Gasteiger partial charge on any atom is -0.361 e. The van der Waals surface area contributed by atoms with Gasteiger partial charge in [0.15, 0.2) is 5.96 Å². The van der Waals surface area contributed by atoms with Crippen molar-refractivity contribution in [2.75, 3.05) is 46.3 Å². The molecule has 5 nitrogen and oxygen atoms in total. The van der Waals surface area contributed by atoms with Crippen LogP contribution in [0.1, 0.15) is 31.2 Å². The summed E-state index contributed by atoms with van der Waals surface area (Å²) in [6, 6.07) is 4.91. The summed E-state index contributed by atoms with van der Waals surface area (Å²) in [4.78, 5) is 12.8. The highest BCUT2D eigenvalue weighted by Crippen LogP contribution is 2.21. The Balaban J connectivity index is 0.00000240. The third-order valence-electron chi connectivity index (χ3n) is 6.17. The summed E-state index contributed by atoms with van der Waals surface area (Å²) in [5, 5.41) is 4.48. The average molecular weight is 513 g/mol. The van der Waals surface area contributed by atoms with E-state index in [4.69, 9.17) is 0 Å². The summed E-state index contributed by atoms with van der Waals surface area (Å²) < 4.78 is 13.5. The van der Waals surface area contributed by atoms with Crippen molar-refractivity contribution >= 4 is 40.8 Å². The van der Waals surface area contributed by atoms with Gasteiger partial charge in [0.1, 0.15) is 5.82 Å². The lowest BCUT2D eigenvalue weighted by atomic mass is 10.1. The number of nitrogens with one attached hydrogen (secondary N) is 2. The van der Waals surface area contributed by atoms with E-state index in [0.29, 0.717) is 0 Å². The normalized spacial score (nSPS) is 20.8. The first-order chi connectivity index (χ1) is 13.7. The fraction of sp³-hybridized carbons (Fsp3) is 0.591. The Labute approximate surface area is 190 Å². The van der Waals surface area contributed by atoms with Gasteiger partial charge in [-0.15, -0.1) is 24.0 Å². The van der Waals surface area contributed by atoms with Crippen molar-refractivity contribution in [2.24, 2.45) is 10.9 Å². The second-order valence-electron chi connectivity index (χ2n) is 8.19. The molecule has 0 amide bonds. The maximum Gasteiger partial charge on any atom is 0.193 e. The molecule has 2 aromatic rings. The summed E-state index contributed by atoms with van der Waals surface area (Å²) in [5.41, 5.74) is 2.13. The van der Waals surface area contributed by atoms with E-state index in [-0.39, 0.29) is 29.8 Å². The first kappa shape index (κ1) is 22.3. The monoisotopic (exact) mass is 513 g/mol. The summed E-state index contributed by atoms with van der Waals surface area (Å²) in [6.45, 7) is 6.74. The van der Waals surface area contributed by atoms with Crippen molar-refractivity contribution < 1.29 is 4.39 Å². The SMILES string of the molecule is CN=C(NCCc1c[nH]c2ccc(F)cc12)N1CCC(CN2CCCCC2)C1.I. The Morgan fingerprint density at radius 1 is 1.24 bits per heavy atom. The number of aromatic nitrogens is 1. The third kappa shape index (κ3) is 5.63. The largest absolute Gasteiger partial charge is 0.361 e. The van der Waals surface area contributed by atoms with Crippen LogP contribution in [0.25, 0.3) is 10.9 Å². The molecule has 0 saturated carbocycles. The predicted octanol–water partition coefficient (Wildman–Crippen LogP) is 3.85. The highest BCUT2D eigenvalue weighted by Gasteiger charge is 2.26. The van der Waals surface area contributed by atoms with Crippen LogP contribution in [0.5, 0.6) is 0 Å². The van der Waals surface area contributed by atoms with E-state index in [9.17, 15) is 4.39 Å². The Morgan fingerprint density at radius 3 is 2.86 bits per heavy atom. The third-order valence-corrected chi connectivity index (χ3v) is 6.17. The number of benzene rings is 1. The van der Waals surface area contributed by atoms with Gasteiger partial charge in [-0.05, 0) is 68.5 Å². The van der Waals surface area contributed by atoms with Gasteiger partial charge in [-0.25, -0.2) is 4.39 Å². The number of halogens is 2. The van der Waals surface area contributed by atoms with Gasteiger partial charge in [-0.3, -0.25) is 4.99 Å². The molecule has 7 heteroatoms. The van der Waals surface area contributed by atoms with E-state index >= 15 is 0 Å². The van der Waals surface area contributed by atoms with Gasteiger partial charge < -0.3 is 20.1 Å². The van der Waals surface area contributed by atoms with E-state index in [1.807, 2.05) is 13.2 Å². The fourth-order valence-electron chi connectivity index (χ4n) is 4.68. The van der Waals surface area contributed by atoms with Crippen LogP contribution in [-0.2, 0) is 6.42 Å². The minimum atomic E-state index is -0.186. The molecule has 2 saturated heterocycles. The zero-order valence-corrected chi connectivity index (χ0v) is 19.6. The molecule has 1 atom stereocenters. The van der Waals surface area contributed by atoms with Crippen LogP contribution in [0.3, 0.4) is 0 Å². The number of aromatic amines is 1. The van der Waals surface area contributed by atoms with Gasteiger partial charge in [0.05, 0.1) is 0 Å². The second kappa shape index (κ2) is 10.6. The van der Waals surface area contributed by atoms with Crippen molar-refractivity contribution in [3.05, 3.63) is 35.8 Å². The van der Waals surface area contributed by atoms with Crippen LogP contribution in [-0.4, -0.2) is 67.1 Å². The number of hydrogen-bond acceptors (Lipinski definition) is 2. The summed E-state index contributed by atoms with van der Waals surface area (Å²) >= 11 is 0. The molecule has 29 heavy (non-hydrogen) atoms. The molecule has 2 aliphatic heterocycles. The zero-order valence-electron chi connectivity index (χ0n) is 17.3. The van der Waals surface area contributed by atoms with E-state index in [2.05, 4.69) is 25.1 Å². The molecule has 1 unspecified atom stereocenters. The minimum absolute atomic E-state index is 0. The van der Waals surface area contributed by atoms with Crippen LogP contribution in [0.2, 0.25) is 0 Å². The summed E-state index contributed by atoms with van der Waals surface area (Å²) in [6.07, 6.45) is 8.19. The molecular weight excluding hydrogens is 480 g/mol. The predicted molar refractivity (Wildman–Crippen MR) is 129 cm³/mol. The highest BCUT2D eigenvalue weighted by molar-refractivity contribution is 14.0. The lowest BCUT2D eigenvalue weighted by Crippen LogP contribution is -2.41. The number of likely N-dealkylation sites (tertiary alicyclic amines) is 2. The molecule has 1 aromatic carbocycles. The molecule has 160 valence electrons. The van der Waals surface area contributed by atoms with Crippen LogP contribution in [0.15, 0.2) is 29.4 Å². The molecule has 2 fully saturated rings. The van der Waals surface area contributed by atoms with Crippen molar-refractivity contribution in [2.45, 2.75) is 32.1 Å². The van der Waals surface area contributed by atoms with Crippen LogP contribution in [0, 0.1) is 11.7 Å². The van der Waals surface area contributed by atoms with Crippen molar-refractivity contribution in [1.29, 1.82) is 0 Å². The van der Waals surface area contributed by atoms with E-state index in [1.54, 1.807) is 12.1 Å². The Bertz CT molecular complexity index is 815.